The number of anilines is 2. The molecule has 0 saturated heterocycles. The van der Waals surface area contributed by atoms with Crippen molar-refractivity contribution in [2.45, 2.75) is 6.92 Å². The third kappa shape index (κ3) is 4.18. The fourth-order valence-electron chi connectivity index (χ4n) is 1.59. The van der Waals surface area contributed by atoms with Crippen molar-refractivity contribution in [1.29, 1.82) is 0 Å². The van der Waals surface area contributed by atoms with Crippen LogP contribution in [0.4, 0.5) is 11.5 Å². The maximum absolute atomic E-state index is 11.8. The Morgan fingerprint density at radius 2 is 1.67 bits per heavy atom. The first-order valence-electron chi connectivity index (χ1n) is 5.96. The van der Waals surface area contributed by atoms with E-state index in [0.717, 1.165) is 5.56 Å². The summed E-state index contributed by atoms with van der Waals surface area (Å²) < 4.78 is 0. The smallest absolute Gasteiger partial charge is 0.315 e. The highest BCUT2D eigenvalue weighted by molar-refractivity contribution is 6.44. The second-order valence-electron chi connectivity index (χ2n) is 4.24. The van der Waals surface area contributed by atoms with Crippen molar-refractivity contribution in [1.82, 2.24) is 4.98 Å². The molecule has 0 radical (unpaired) electrons. The van der Waals surface area contributed by atoms with E-state index in [9.17, 15) is 9.59 Å². The number of nitrogens with one attached hydrogen (secondary N) is 2. The molecule has 2 N–H and O–H groups in total. The highest BCUT2D eigenvalue weighted by Crippen LogP contribution is 2.22. The van der Waals surface area contributed by atoms with Crippen molar-refractivity contribution < 1.29 is 9.59 Å². The van der Waals surface area contributed by atoms with E-state index in [-0.39, 0.29) is 0 Å². The van der Waals surface area contributed by atoms with E-state index >= 15 is 0 Å². The van der Waals surface area contributed by atoms with Gasteiger partial charge in [-0.05, 0) is 36.8 Å². The molecular formula is C14H11Cl2N3O2. The minimum atomic E-state index is -0.835. The first-order valence-corrected chi connectivity index (χ1v) is 6.71. The molecule has 1 aromatic heterocycles. The summed E-state index contributed by atoms with van der Waals surface area (Å²) >= 11 is 11.6. The zero-order valence-electron chi connectivity index (χ0n) is 11.0. The van der Waals surface area contributed by atoms with Gasteiger partial charge in [-0.1, -0.05) is 29.3 Å². The number of carbonyl (C=O) groups excluding carboxylic acids is 2. The number of carbonyl (C=O) groups is 2. The van der Waals surface area contributed by atoms with E-state index in [4.69, 9.17) is 23.2 Å². The third-order valence-electron chi connectivity index (χ3n) is 2.57. The van der Waals surface area contributed by atoms with Gasteiger partial charge in [0.15, 0.2) is 0 Å². The number of hydrogen-bond donors (Lipinski definition) is 2. The van der Waals surface area contributed by atoms with Crippen LogP contribution in [0.3, 0.4) is 0 Å². The number of pyridine rings is 1. The van der Waals surface area contributed by atoms with Crippen LogP contribution in [-0.4, -0.2) is 16.8 Å². The van der Waals surface area contributed by atoms with Gasteiger partial charge in [-0.2, -0.15) is 0 Å². The number of halogens is 2. The third-order valence-corrected chi connectivity index (χ3v) is 3.00. The maximum Gasteiger partial charge on any atom is 0.315 e. The molecule has 5 nitrogen and oxygen atoms in total. The Morgan fingerprint density at radius 3 is 2.29 bits per heavy atom. The number of nitrogens with zero attached hydrogens (tertiary/aromatic N) is 1. The van der Waals surface area contributed by atoms with Gasteiger partial charge in [0.25, 0.3) is 0 Å². The first kappa shape index (κ1) is 15.3. The van der Waals surface area contributed by atoms with Crippen LogP contribution in [0.15, 0.2) is 36.5 Å². The van der Waals surface area contributed by atoms with Crippen LogP contribution >= 0.6 is 23.2 Å². The molecule has 108 valence electrons. The Morgan fingerprint density at radius 1 is 1.05 bits per heavy atom. The van der Waals surface area contributed by atoms with E-state index in [1.54, 1.807) is 19.1 Å². The summed E-state index contributed by atoms with van der Waals surface area (Å²) in [5.41, 5.74) is 1.09. The average Bonchev–Trinajstić information content (AvgIpc) is 2.40. The molecule has 0 spiro atoms. The lowest BCUT2D eigenvalue weighted by molar-refractivity contribution is -0.133. The Hall–Kier alpha value is -2.11. The van der Waals surface area contributed by atoms with Crippen LogP contribution < -0.4 is 10.6 Å². The second kappa shape index (κ2) is 6.56. The van der Waals surface area contributed by atoms with Gasteiger partial charge in [0.2, 0.25) is 0 Å². The quantitative estimate of drug-likeness (QED) is 0.833. The predicted octanol–water partition coefficient (Wildman–Crippen LogP) is 3.27. The Kier molecular flexibility index (Phi) is 4.77. The SMILES string of the molecule is Cc1cccnc1NC(=O)C(=O)Nc1cc(Cl)cc(Cl)c1. The normalized spacial score (nSPS) is 10.0. The van der Waals surface area contributed by atoms with Crippen LogP contribution in [0.2, 0.25) is 10.0 Å². The van der Waals surface area contributed by atoms with Gasteiger partial charge in [0, 0.05) is 21.9 Å². The van der Waals surface area contributed by atoms with Gasteiger partial charge in [-0.25, -0.2) is 4.98 Å². The Balaban J connectivity index is 2.06. The molecule has 0 atom stereocenters. The highest BCUT2D eigenvalue weighted by atomic mass is 35.5. The van der Waals surface area contributed by atoms with Crippen LogP contribution in [-0.2, 0) is 9.59 Å². The maximum atomic E-state index is 11.8. The molecule has 0 saturated carbocycles. The summed E-state index contributed by atoms with van der Waals surface area (Å²) in [5, 5.41) is 5.57. The van der Waals surface area contributed by atoms with Gasteiger partial charge in [0.1, 0.15) is 5.82 Å². The fourth-order valence-corrected chi connectivity index (χ4v) is 2.12. The Labute approximate surface area is 131 Å². The number of hydrogen-bond acceptors (Lipinski definition) is 3. The van der Waals surface area contributed by atoms with Gasteiger partial charge < -0.3 is 10.6 Å². The molecule has 0 aliphatic carbocycles. The van der Waals surface area contributed by atoms with Gasteiger partial charge in [-0.3, -0.25) is 9.59 Å². The summed E-state index contributed by atoms with van der Waals surface area (Å²) in [7, 11) is 0. The second-order valence-corrected chi connectivity index (χ2v) is 5.11. The van der Waals surface area contributed by atoms with Crippen molar-refractivity contribution >= 4 is 46.5 Å². The zero-order chi connectivity index (χ0) is 15.4. The molecule has 2 amide bonds. The topological polar surface area (TPSA) is 71.1 Å². The molecule has 0 fully saturated rings. The standard InChI is InChI=1S/C14H11Cl2N3O2/c1-8-3-2-4-17-12(8)19-14(21)13(20)18-11-6-9(15)5-10(16)7-11/h2-7H,1H3,(H,18,20)(H,17,19,21). The minimum Gasteiger partial charge on any atom is -0.318 e. The molecule has 1 heterocycles. The molecule has 7 heteroatoms. The average molecular weight is 324 g/mol. The molecular weight excluding hydrogens is 313 g/mol. The highest BCUT2D eigenvalue weighted by Gasteiger charge is 2.15. The van der Waals surface area contributed by atoms with Crippen LogP contribution in [0.1, 0.15) is 5.56 Å². The molecule has 1 aromatic carbocycles. The van der Waals surface area contributed by atoms with E-state index < -0.39 is 11.8 Å². The van der Waals surface area contributed by atoms with Crippen LogP contribution in [0.5, 0.6) is 0 Å². The van der Waals surface area contributed by atoms with Crippen molar-refractivity contribution in [2.24, 2.45) is 0 Å². The van der Waals surface area contributed by atoms with Crippen molar-refractivity contribution in [3.05, 3.63) is 52.1 Å². The molecule has 21 heavy (non-hydrogen) atoms. The summed E-state index contributed by atoms with van der Waals surface area (Å²) in [6, 6.07) is 8.02. The van der Waals surface area contributed by atoms with Crippen molar-refractivity contribution in [3.8, 4) is 0 Å². The van der Waals surface area contributed by atoms with Crippen LogP contribution in [0.25, 0.3) is 0 Å². The predicted molar refractivity (Wildman–Crippen MR) is 82.7 cm³/mol. The largest absolute Gasteiger partial charge is 0.318 e. The lowest BCUT2D eigenvalue weighted by atomic mass is 10.3. The van der Waals surface area contributed by atoms with Gasteiger partial charge in [-0.15, -0.1) is 0 Å². The van der Waals surface area contributed by atoms with E-state index in [2.05, 4.69) is 15.6 Å². The number of aromatic nitrogens is 1. The monoisotopic (exact) mass is 323 g/mol. The molecule has 0 unspecified atom stereocenters. The molecule has 0 bridgehead atoms. The summed E-state index contributed by atoms with van der Waals surface area (Å²) in [6.07, 6.45) is 1.53. The number of benzene rings is 1. The van der Waals surface area contributed by atoms with E-state index in [1.807, 2.05) is 0 Å². The van der Waals surface area contributed by atoms with Crippen LogP contribution in [0, 0.1) is 6.92 Å². The lowest BCUT2D eigenvalue weighted by Crippen LogP contribution is -2.29. The van der Waals surface area contributed by atoms with Crippen molar-refractivity contribution in [2.75, 3.05) is 10.6 Å². The minimum absolute atomic E-state index is 0.335. The number of rotatable bonds is 2. The van der Waals surface area contributed by atoms with E-state index in [1.165, 1.54) is 24.4 Å². The Bertz CT molecular complexity index is 684. The van der Waals surface area contributed by atoms with Gasteiger partial charge in [0.05, 0.1) is 0 Å². The van der Waals surface area contributed by atoms with Crippen molar-refractivity contribution in [3.63, 3.8) is 0 Å². The van der Waals surface area contributed by atoms with Gasteiger partial charge >= 0.3 is 11.8 Å². The number of amides is 2. The first-order chi connectivity index (χ1) is 9.95. The summed E-state index contributed by atoms with van der Waals surface area (Å²) in [5.74, 6) is -1.33. The summed E-state index contributed by atoms with van der Waals surface area (Å²) in [4.78, 5) is 27.6. The molecule has 2 rings (SSSR count). The zero-order valence-corrected chi connectivity index (χ0v) is 12.5. The molecule has 0 aliphatic rings. The fraction of sp³-hybridized carbons (Fsp3) is 0.0714. The molecule has 0 aliphatic heterocycles. The van der Waals surface area contributed by atoms with E-state index in [0.29, 0.717) is 21.6 Å². The number of aryl methyl sites for hydroxylation is 1. The molecule has 2 aromatic rings. The summed E-state index contributed by atoms with van der Waals surface area (Å²) in [6.45, 7) is 1.78. The lowest BCUT2D eigenvalue weighted by Gasteiger charge is -2.08.